The second-order valence-corrected chi connectivity index (χ2v) is 9.39. The van der Waals surface area contributed by atoms with E-state index in [1.807, 2.05) is 9.47 Å². The summed E-state index contributed by atoms with van der Waals surface area (Å²) in [5.41, 5.74) is 1.80. The summed E-state index contributed by atoms with van der Waals surface area (Å²) in [4.78, 5) is 28.6. The number of carbonyl (C=O) groups excluding carboxylic acids is 1. The number of rotatable bonds is 5. The number of benzene rings is 2. The molecule has 1 amide bonds. The molecule has 1 aliphatic carbocycles. The number of aromatic amines is 1. The highest BCUT2D eigenvalue weighted by Crippen LogP contribution is 2.38. The maximum Gasteiger partial charge on any atom is 0.284 e. The zero-order valence-electron chi connectivity index (χ0n) is 19.2. The molecule has 0 bridgehead atoms. The first kappa shape index (κ1) is 22.6. The standard InChI is InChI=1S/C25H23FN6O3S/c26-19-11-17-20(12-21(19)31-9-7-27-8-10-31)32(16-5-6-16)13-18(22(17)33)23(34)28-15-3-1-14(2-4-15)24-29-30-25(36)35-24/h1-4,11-13,16,27H,5-10H2,(H,28,34)(H,30,36). The minimum absolute atomic E-state index is 0.0224. The van der Waals surface area contributed by atoms with Crippen LogP contribution in [0.1, 0.15) is 29.2 Å². The third-order valence-electron chi connectivity index (χ3n) is 6.57. The number of halogens is 1. The van der Waals surface area contributed by atoms with Crippen LogP contribution in [0.15, 0.2) is 51.8 Å². The van der Waals surface area contributed by atoms with E-state index in [2.05, 4.69) is 20.8 Å². The quantitative estimate of drug-likeness (QED) is 0.353. The third-order valence-corrected chi connectivity index (χ3v) is 6.75. The van der Waals surface area contributed by atoms with E-state index in [9.17, 15) is 9.59 Å². The van der Waals surface area contributed by atoms with Crippen LogP contribution in [-0.4, -0.2) is 46.9 Å². The monoisotopic (exact) mass is 506 g/mol. The molecule has 0 unspecified atom stereocenters. The number of carbonyl (C=O) groups is 1. The molecule has 1 saturated carbocycles. The van der Waals surface area contributed by atoms with E-state index in [1.165, 1.54) is 6.07 Å². The molecule has 1 aliphatic heterocycles. The minimum Gasteiger partial charge on any atom is -0.409 e. The second kappa shape index (κ2) is 8.99. The Bertz CT molecular complexity index is 1580. The summed E-state index contributed by atoms with van der Waals surface area (Å²) < 4.78 is 22.4. The zero-order chi connectivity index (χ0) is 24.8. The summed E-state index contributed by atoms with van der Waals surface area (Å²) in [6.45, 7) is 2.94. The average Bonchev–Trinajstić information content (AvgIpc) is 3.64. The number of H-pyrrole nitrogens is 1. The topological polar surface area (TPSA) is 108 Å². The normalized spacial score (nSPS) is 15.9. The lowest BCUT2D eigenvalue weighted by Gasteiger charge is -2.30. The third kappa shape index (κ3) is 4.20. The van der Waals surface area contributed by atoms with Gasteiger partial charge in [0.05, 0.1) is 11.2 Å². The summed E-state index contributed by atoms with van der Waals surface area (Å²) in [5.74, 6) is -0.669. The van der Waals surface area contributed by atoms with Gasteiger partial charge in [-0.15, -0.1) is 5.10 Å². The number of piperazine rings is 1. The van der Waals surface area contributed by atoms with Gasteiger partial charge in [0, 0.05) is 55.1 Å². The van der Waals surface area contributed by atoms with Crippen molar-refractivity contribution in [2.45, 2.75) is 18.9 Å². The van der Waals surface area contributed by atoms with Gasteiger partial charge in [0.2, 0.25) is 11.3 Å². The van der Waals surface area contributed by atoms with Crippen LogP contribution in [0.25, 0.3) is 22.4 Å². The van der Waals surface area contributed by atoms with Crippen LogP contribution in [-0.2, 0) is 0 Å². The molecule has 2 fully saturated rings. The van der Waals surface area contributed by atoms with Crippen LogP contribution in [0.5, 0.6) is 0 Å². The molecule has 3 heterocycles. The SMILES string of the molecule is O=C(Nc1ccc(-c2n[nH]c(=S)o2)cc1)c1cn(C2CC2)c2cc(N3CCNCC3)c(F)cc2c1=O. The first-order valence-electron chi connectivity index (χ1n) is 11.8. The number of pyridine rings is 1. The van der Waals surface area contributed by atoms with Crippen LogP contribution >= 0.6 is 12.2 Å². The van der Waals surface area contributed by atoms with Gasteiger partial charge in [0.25, 0.3) is 10.7 Å². The van der Waals surface area contributed by atoms with Gasteiger partial charge in [-0.1, -0.05) is 0 Å². The van der Waals surface area contributed by atoms with Gasteiger partial charge in [0.15, 0.2) is 0 Å². The van der Waals surface area contributed by atoms with E-state index in [0.717, 1.165) is 25.9 Å². The number of aromatic nitrogens is 3. The molecule has 1 saturated heterocycles. The highest BCUT2D eigenvalue weighted by molar-refractivity contribution is 7.71. The molecule has 0 radical (unpaired) electrons. The lowest BCUT2D eigenvalue weighted by molar-refractivity contribution is 0.102. The second-order valence-electron chi connectivity index (χ2n) is 9.02. The van der Waals surface area contributed by atoms with E-state index < -0.39 is 17.2 Å². The van der Waals surface area contributed by atoms with Crippen LogP contribution < -0.4 is 21.0 Å². The fraction of sp³-hybridized carbons (Fsp3) is 0.280. The van der Waals surface area contributed by atoms with Gasteiger partial charge in [0.1, 0.15) is 11.4 Å². The number of nitrogens with one attached hydrogen (secondary N) is 3. The molecule has 2 aliphatic rings. The molecule has 9 nitrogen and oxygen atoms in total. The predicted molar refractivity (Wildman–Crippen MR) is 137 cm³/mol. The van der Waals surface area contributed by atoms with Crippen molar-refractivity contribution in [2.24, 2.45) is 0 Å². The van der Waals surface area contributed by atoms with Gasteiger partial charge in [-0.3, -0.25) is 9.59 Å². The first-order valence-corrected chi connectivity index (χ1v) is 12.2. The summed E-state index contributed by atoms with van der Waals surface area (Å²) in [5, 5.41) is 12.8. The predicted octanol–water partition coefficient (Wildman–Crippen LogP) is 3.85. The Labute approximate surface area is 209 Å². The van der Waals surface area contributed by atoms with Gasteiger partial charge in [-0.05, 0) is 61.5 Å². The Hall–Kier alpha value is -3.83. The molecule has 11 heteroatoms. The van der Waals surface area contributed by atoms with E-state index in [4.69, 9.17) is 16.6 Å². The molecule has 0 spiro atoms. The smallest absolute Gasteiger partial charge is 0.284 e. The molecule has 36 heavy (non-hydrogen) atoms. The van der Waals surface area contributed by atoms with E-state index in [1.54, 1.807) is 36.5 Å². The molecule has 2 aromatic heterocycles. The van der Waals surface area contributed by atoms with Crippen molar-refractivity contribution in [1.82, 2.24) is 20.1 Å². The summed E-state index contributed by atoms with van der Waals surface area (Å²) in [6, 6.07) is 10.0. The number of amides is 1. The number of hydrogen-bond donors (Lipinski definition) is 3. The van der Waals surface area contributed by atoms with Crippen molar-refractivity contribution in [3.05, 3.63) is 69.0 Å². The maximum atomic E-state index is 15.2. The fourth-order valence-corrected chi connectivity index (χ4v) is 4.70. The van der Waals surface area contributed by atoms with Crippen molar-refractivity contribution in [3.8, 4) is 11.5 Å². The molecule has 6 rings (SSSR count). The van der Waals surface area contributed by atoms with Crippen LogP contribution in [0.3, 0.4) is 0 Å². The van der Waals surface area contributed by atoms with Crippen molar-refractivity contribution >= 4 is 40.4 Å². The molecule has 2 aromatic carbocycles. The van der Waals surface area contributed by atoms with Crippen LogP contribution in [0.4, 0.5) is 15.8 Å². The Morgan fingerprint density at radius 3 is 2.58 bits per heavy atom. The van der Waals surface area contributed by atoms with Crippen LogP contribution in [0.2, 0.25) is 0 Å². The number of fused-ring (bicyclic) bond motifs is 1. The van der Waals surface area contributed by atoms with Crippen molar-refractivity contribution < 1.29 is 13.6 Å². The number of nitrogens with zero attached hydrogens (tertiary/aromatic N) is 3. The van der Waals surface area contributed by atoms with Gasteiger partial charge < -0.3 is 24.5 Å². The van der Waals surface area contributed by atoms with Crippen molar-refractivity contribution in [3.63, 3.8) is 0 Å². The number of anilines is 2. The maximum absolute atomic E-state index is 15.2. The largest absolute Gasteiger partial charge is 0.409 e. The van der Waals surface area contributed by atoms with Gasteiger partial charge >= 0.3 is 0 Å². The first-order chi connectivity index (χ1) is 17.5. The Kier molecular flexibility index (Phi) is 5.65. The lowest BCUT2D eigenvalue weighted by atomic mass is 10.1. The van der Waals surface area contributed by atoms with E-state index >= 15 is 4.39 Å². The zero-order valence-corrected chi connectivity index (χ0v) is 20.0. The van der Waals surface area contributed by atoms with Gasteiger partial charge in [-0.2, -0.15) is 0 Å². The average molecular weight is 507 g/mol. The molecule has 0 atom stereocenters. The molecular formula is C25H23FN6O3S. The summed E-state index contributed by atoms with van der Waals surface area (Å²) >= 11 is 4.90. The highest BCUT2D eigenvalue weighted by Gasteiger charge is 2.28. The Morgan fingerprint density at radius 2 is 1.92 bits per heavy atom. The van der Waals surface area contributed by atoms with Crippen LogP contribution in [0, 0.1) is 10.7 Å². The number of hydrogen-bond acceptors (Lipinski definition) is 7. The van der Waals surface area contributed by atoms with Crippen molar-refractivity contribution in [1.29, 1.82) is 0 Å². The Balaban J connectivity index is 1.34. The molecule has 4 aromatic rings. The summed E-state index contributed by atoms with van der Waals surface area (Å²) in [7, 11) is 0. The molecule has 184 valence electrons. The van der Waals surface area contributed by atoms with E-state index in [-0.39, 0.29) is 21.8 Å². The lowest BCUT2D eigenvalue weighted by Crippen LogP contribution is -2.43. The minimum atomic E-state index is -0.548. The fourth-order valence-electron chi connectivity index (χ4n) is 4.57. The van der Waals surface area contributed by atoms with Crippen molar-refractivity contribution in [2.75, 3.05) is 36.4 Å². The molecule has 3 N–H and O–H groups in total. The van der Waals surface area contributed by atoms with Gasteiger partial charge in [-0.25, -0.2) is 9.49 Å². The Morgan fingerprint density at radius 1 is 1.17 bits per heavy atom. The van der Waals surface area contributed by atoms with E-state index in [0.29, 0.717) is 41.4 Å². The summed E-state index contributed by atoms with van der Waals surface area (Å²) in [6.07, 6.45) is 3.51. The molecular weight excluding hydrogens is 483 g/mol. The highest BCUT2D eigenvalue weighted by atomic mass is 32.1.